The highest BCUT2D eigenvalue weighted by Gasteiger charge is 2.43. The highest BCUT2D eigenvalue weighted by atomic mass is 16.5. The molecule has 0 saturated carbocycles. The van der Waals surface area contributed by atoms with E-state index in [4.69, 9.17) is 9.84 Å². The molecule has 0 aromatic rings. The van der Waals surface area contributed by atoms with Crippen LogP contribution in [-0.4, -0.2) is 47.8 Å². The van der Waals surface area contributed by atoms with Crippen LogP contribution >= 0.6 is 0 Å². The van der Waals surface area contributed by atoms with Gasteiger partial charge in [-0.1, -0.05) is 0 Å². The predicted octanol–water partition coefficient (Wildman–Crippen LogP) is 0.960. The number of carbonyl (C=O) groups is 1. The molecule has 1 rings (SSSR count). The Labute approximate surface area is 84.8 Å². The van der Waals surface area contributed by atoms with Gasteiger partial charge in [-0.05, 0) is 33.2 Å². The quantitative estimate of drug-likeness (QED) is 0.739. The average molecular weight is 201 g/mol. The Morgan fingerprint density at radius 3 is 2.64 bits per heavy atom. The summed E-state index contributed by atoms with van der Waals surface area (Å²) in [5, 5.41) is 9.14. The molecule has 1 heterocycles. The van der Waals surface area contributed by atoms with E-state index in [-0.39, 0.29) is 0 Å². The van der Waals surface area contributed by atoms with Gasteiger partial charge in [-0.15, -0.1) is 0 Å². The standard InChI is InChI=1S/C10H19NO3/c1-8(2)11-6-4-5-10(7-11,14-3)9(12)13/h8H,4-7H2,1-3H3,(H,12,13). The van der Waals surface area contributed by atoms with Crippen LogP contribution in [-0.2, 0) is 9.53 Å². The van der Waals surface area contributed by atoms with Crippen LogP contribution < -0.4 is 0 Å². The minimum absolute atomic E-state index is 0.379. The van der Waals surface area contributed by atoms with Gasteiger partial charge in [0.25, 0.3) is 0 Å². The maximum absolute atomic E-state index is 11.1. The van der Waals surface area contributed by atoms with Crippen molar-refractivity contribution in [1.29, 1.82) is 0 Å². The van der Waals surface area contributed by atoms with Crippen LogP contribution in [0.4, 0.5) is 0 Å². The third-order valence-electron chi connectivity index (χ3n) is 3.00. The highest BCUT2D eigenvalue weighted by molar-refractivity contribution is 5.78. The van der Waals surface area contributed by atoms with Gasteiger partial charge >= 0.3 is 5.97 Å². The van der Waals surface area contributed by atoms with Crippen LogP contribution in [0.3, 0.4) is 0 Å². The van der Waals surface area contributed by atoms with Gasteiger partial charge in [-0.2, -0.15) is 0 Å². The third-order valence-corrected chi connectivity index (χ3v) is 3.00. The molecule has 82 valence electrons. The van der Waals surface area contributed by atoms with Crippen molar-refractivity contribution in [1.82, 2.24) is 4.90 Å². The van der Waals surface area contributed by atoms with Gasteiger partial charge < -0.3 is 9.84 Å². The lowest BCUT2D eigenvalue weighted by atomic mass is 9.92. The van der Waals surface area contributed by atoms with Crippen LogP contribution in [0, 0.1) is 0 Å². The van der Waals surface area contributed by atoms with Gasteiger partial charge in [0, 0.05) is 19.7 Å². The van der Waals surface area contributed by atoms with Gasteiger partial charge in [0.05, 0.1) is 0 Å². The second-order valence-electron chi connectivity index (χ2n) is 4.17. The monoisotopic (exact) mass is 201 g/mol. The number of methoxy groups -OCH3 is 1. The van der Waals surface area contributed by atoms with Gasteiger partial charge in [-0.3, -0.25) is 4.90 Å². The normalized spacial score (nSPS) is 29.4. The Balaban J connectivity index is 2.74. The molecule has 0 amide bonds. The molecule has 4 heteroatoms. The van der Waals surface area contributed by atoms with Crippen molar-refractivity contribution in [3.63, 3.8) is 0 Å². The van der Waals surface area contributed by atoms with E-state index in [1.54, 1.807) is 0 Å². The second-order valence-corrected chi connectivity index (χ2v) is 4.17. The van der Waals surface area contributed by atoms with Crippen molar-refractivity contribution >= 4 is 5.97 Å². The Bertz CT molecular complexity index is 217. The molecule has 1 N–H and O–H groups in total. The molecule has 0 aromatic carbocycles. The highest BCUT2D eigenvalue weighted by Crippen LogP contribution is 2.25. The van der Waals surface area contributed by atoms with E-state index in [0.29, 0.717) is 19.0 Å². The first-order valence-corrected chi connectivity index (χ1v) is 5.04. The zero-order valence-corrected chi connectivity index (χ0v) is 9.12. The SMILES string of the molecule is COC1(C(=O)O)CCCN(C(C)C)C1. The summed E-state index contributed by atoms with van der Waals surface area (Å²) in [4.78, 5) is 13.3. The number of aliphatic carboxylic acids is 1. The first-order chi connectivity index (χ1) is 6.52. The largest absolute Gasteiger partial charge is 0.479 e. The van der Waals surface area contributed by atoms with Crippen molar-refractivity contribution in [3.05, 3.63) is 0 Å². The van der Waals surface area contributed by atoms with E-state index in [1.165, 1.54) is 7.11 Å². The van der Waals surface area contributed by atoms with Gasteiger partial charge in [0.2, 0.25) is 0 Å². The number of ether oxygens (including phenoxy) is 1. The topological polar surface area (TPSA) is 49.8 Å². The molecule has 0 radical (unpaired) electrons. The van der Waals surface area contributed by atoms with Crippen molar-refractivity contribution in [2.75, 3.05) is 20.2 Å². The molecule has 1 aliphatic heterocycles. The molecule has 0 aliphatic carbocycles. The van der Waals surface area contributed by atoms with Gasteiger partial charge in [0.1, 0.15) is 0 Å². The molecule has 1 aliphatic rings. The fourth-order valence-electron chi connectivity index (χ4n) is 1.92. The van der Waals surface area contributed by atoms with E-state index < -0.39 is 11.6 Å². The van der Waals surface area contributed by atoms with Crippen LogP contribution in [0.1, 0.15) is 26.7 Å². The lowest BCUT2D eigenvalue weighted by Crippen LogP contribution is -2.55. The summed E-state index contributed by atoms with van der Waals surface area (Å²) in [6.45, 7) is 5.62. The Morgan fingerprint density at radius 1 is 1.57 bits per heavy atom. The van der Waals surface area contributed by atoms with Gasteiger partial charge in [0.15, 0.2) is 5.60 Å². The summed E-state index contributed by atoms with van der Waals surface area (Å²) >= 11 is 0. The molecule has 1 saturated heterocycles. The number of carboxylic acids is 1. The average Bonchev–Trinajstić information content (AvgIpc) is 2.17. The maximum Gasteiger partial charge on any atom is 0.337 e. The van der Waals surface area contributed by atoms with E-state index in [1.807, 2.05) is 0 Å². The molecule has 0 aromatic heterocycles. The number of carboxylic acid groups (broad SMARTS) is 1. The summed E-state index contributed by atoms with van der Waals surface area (Å²) in [5.74, 6) is -0.842. The number of nitrogens with zero attached hydrogens (tertiary/aromatic N) is 1. The van der Waals surface area contributed by atoms with Gasteiger partial charge in [-0.25, -0.2) is 4.79 Å². The number of hydrogen-bond acceptors (Lipinski definition) is 3. The third kappa shape index (κ3) is 2.07. The molecule has 1 unspecified atom stereocenters. The summed E-state index contributed by atoms with van der Waals surface area (Å²) in [6.07, 6.45) is 1.50. The number of rotatable bonds is 3. The van der Waals surface area contributed by atoms with Crippen molar-refractivity contribution in [2.45, 2.75) is 38.3 Å². The zero-order chi connectivity index (χ0) is 10.8. The molecule has 1 fully saturated rings. The lowest BCUT2D eigenvalue weighted by molar-refractivity contribution is -0.170. The maximum atomic E-state index is 11.1. The second kappa shape index (κ2) is 4.28. The number of piperidine rings is 1. The van der Waals surface area contributed by atoms with Crippen LogP contribution in [0.25, 0.3) is 0 Å². The predicted molar refractivity (Wildman–Crippen MR) is 53.3 cm³/mol. The number of hydrogen-bond donors (Lipinski definition) is 1. The first kappa shape index (κ1) is 11.5. The fourth-order valence-corrected chi connectivity index (χ4v) is 1.92. The zero-order valence-electron chi connectivity index (χ0n) is 9.12. The van der Waals surface area contributed by atoms with E-state index in [2.05, 4.69) is 18.7 Å². The Kier molecular flexibility index (Phi) is 3.50. The summed E-state index contributed by atoms with van der Waals surface area (Å²) in [6, 6.07) is 0.379. The van der Waals surface area contributed by atoms with Crippen molar-refractivity contribution in [3.8, 4) is 0 Å². The number of likely N-dealkylation sites (tertiary alicyclic amines) is 1. The molecule has 1 atom stereocenters. The smallest absolute Gasteiger partial charge is 0.337 e. The van der Waals surface area contributed by atoms with Crippen LogP contribution in [0.2, 0.25) is 0 Å². The van der Waals surface area contributed by atoms with Crippen molar-refractivity contribution < 1.29 is 14.6 Å². The molecule has 4 nitrogen and oxygen atoms in total. The molecule has 0 bridgehead atoms. The van der Waals surface area contributed by atoms with E-state index >= 15 is 0 Å². The first-order valence-electron chi connectivity index (χ1n) is 5.04. The summed E-state index contributed by atoms with van der Waals surface area (Å²) in [7, 11) is 1.48. The van der Waals surface area contributed by atoms with E-state index in [0.717, 1.165) is 13.0 Å². The molecule has 14 heavy (non-hydrogen) atoms. The fraction of sp³-hybridized carbons (Fsp3) is 0.900. The molecule has 0 spiro atoms. The lowest BCUT2D eigenvalue weighted by Gasteiger charge is -2.40. The van der Waals surface area contributed by atoms with E-state index in [9.17, 15) is 4.79 Å². The summed E-state index contributed by atoms with van der Waals surface area (Å²) < 4.78 is 5.18. The van der Waals surface area contributed by atoms with Crippen LogP contribution in [0.5, 0.6) is 0 Å². The Morgan fingerprint density at radius 2 is 2.21 bits per heavy atom. The van der Waals surface area contributed by atoms with Crippen molar-refractivity contribution in [2.24, 2.45) is 0 Å². The minimum atomic E-state index is -0.984. The Hall–Kier alpha value is -0.610. The van der Waals surface area contributed by atoms with Crippen LogP contribution in [0.15, 0.2) is 0 Å². The molecular weight excluding hydrogens is 182 g/mol. The molecular formula is C10H19NO3. The summed E-state index contributed by atoms with van der Waals surface area (Å²) in [5.41, 5.74) is -0.984. The minimum Gasteiger partial charge on any atom is -0.479 e.